The topological polar surface area (TPSA) is 127 Å². The van der Waals surface area contributed by atoms with E-state index in [0.29, 0.717) is 5.56 Å². The smallest absolute Gasteiger partial charge is 0.328 e. The number of carboxylic acid groups (broad SMARTS) is 1. The van der Waals surface area contributed by atoms with Crippen molar-refractivity contribution in [3.05, 3.63) is 76.4 Å². The van der Waals surface area contributed by atoms with Crippen LogP contribution in [0.25, 0.3) is 0 Å². The number of sulfonamides is 1. The van der Waals surface area contributed by atoms with E-state index >= 15 is 0 Å². The molecule has 0 amide bonds. The highest BCUT2D eigenvalue weighted by atomic mass is 32.2. The molecule has 0 heterocycles. The van der Waals surface area contributed by atoms with Crippen molar-refractivity contribution in [2.75, 3.05) is 4.72 Å². The third kappa shape index (κ3) is 5.19. The number of carboxylic acids is 1. The number of hydrogen-bond donors (Lipinski definition) is 2. The second-order valence-electron chi connectivity index (χ2n) is 4.88. The highest BCUT2D eigenvalue weighted by molar-refractivity contribution is 7.92. The SMILES string of the molecule is O=C(O)/C=C/C#Cc1cccc(NS(=O)(=O)c2ccc([N+](=O)[O-])cc2)c1. The van der Waals surface area contributed by atoms with Crippen molar-refractivity contribution in [3.8, 4) is 11.8 Å². The standard InChI is InChI=1S/C17H12N2O6S/c20-17(21)7-2-1-4-13-5-3-6-14(12-13)18-26(24,25)16-10-8-15(9-11-16)19(22)23/h2-3,5-12,18H,(H,20,21)/b7-2+. The monoisotopic (exact) mass is 372 g/mol. The molecule has 8 nitrogen and oxygen atoms in total. The van der Waals surface area contributed by atoms with E-state index in [1.54, 1.807) is 12.1 Å². The molecule has 0 bridgehead atoms. The van der Waals surface area contributed by atoms with E-state index in [2.05, 4.69) is 16.6 Å². The molecule has 0 unspecified atom stereocenters. The second kappa shape index (κ2) is 7.96. The first kappa shape index (κ1) is 18.7. The third-order valence-corrected chi connectivity index (χ3v) is 4.40. The maximum Gasteiger partial charge on any atom is 0.328 e. The van der Waals surface area contributed by atoms with Crippen LogP contribution >= 0.6 is 0 Å². The van der Waals surface area contributed by atoms with Crippen LogP contribution < -0.4 is 4.72 Å². The molecule has 0 radical (unpaired) electrons. The zero-order valence-corrected chi connectivity index (χ0v) is 13.9. The molecule has 0 saturated carbocycles. The summed E-state index contributed by atoms with van der Waals surface area (Å²) in [7, 11) is -3.92. The average Bonchev–Trinajstić information content (AvgIpc) is 2.58. The maximum absolute atomic E-state index is 12.3. The van der Waals surface area contributed by atoms with Gasteiger partial charge in [0.15, 0.2) is 0 Å². The van der Waals surface area contributed by atoms with Gasteiger partial charge in [0.05, 0.1) is 15.5 Å². The van der Waals surface area contributed by atoms with E-state index < -0.39 is 20.9 Å². The summed E-state index contributed by atoms with van der Waals surface area (Å²) in [5, 5.41) is 19.1. The summed E-state index contributed by atoms with van der Waals surface area (Å²) in [6, 6.07) is 10.7. The maximum atomic E-state index is 12.3. The van der Waals surface area contributed by atoms with Crippen LogP contribution in [0.15, 0.2) is 65.6 Å². The summed E-state index contributed by atoms with van der Waals surface area (Å²) >= 11 is 0. The molecule has 26 heavy (non-hydrogen) atoms. The number of nitrogens with zero attached hydrogens (tertiary/aromatic N) is 1. The van der Waals surface area contributed by atoms with Gasteiger partial charge < -0.3 is 5.11 Å². The van der Waals surface area contributed by atoms with Gasteiger partial charge in [-0.2, -0.15) is 0 Å². The Morgan fingerprint density at radius 1 is 1.19 bits per heavy atom. The van der Waals surface area contributed by atoms with Crippen LogP contribution in [0.2, 0.25) is 0 Å². The molecule has 0 aliphatic rings. The van der Waals surface area contributed by atoms with E-state index in [1.165, 1.54) is 12.1 Å². The molecule has 2 rings (SSSR count). The lowest BCUT2D eigenvalue weighted by molar-refractivity contribution is -0.384. The number of benzene rings is 2. The summed E-state index contributed by atoms with van der Waals surface area (Å²) in [4.78, 5) is 20.2. The van der Waals surface area contributed by atoms with E-state index in [1.807, 2.05) is 0 Å². The Hall–Kier alpha value is -3.64. The Morgan fingerprint density at radius 2 is 1.88 bits per heavy atom. The lowest BCUT2D eigenvalue weighted by Crippen LogP contribution is -2.13. The van der Waals surface area contributed by atoms with Gasteiger partial charge in [0.2, 0.25) is 0 Å². The van der Waals surface area contributed by atoms with Crippen molar-refractivity contribution >= 4 is 27.4 Å². The Kier molecular flexibility index (Phi) is 5.72. The molecule has 0 aromatic heterocycles. The number of anilines is 1. The first-order valence-electron chi connectivity index (χ1n) is 7.06. The lowest BCUT2D eigenvalue weighted by Gasteiger charge is -2.08. The molecule has 0 spiro atoms. The fourth-order valence-corrected chi connectivity index (χ4v) is 2.91. The molecule has 0 aliphatic heterocycles. The Morgan fingerprint density at radius 3 is 2.50 bits per heavy atom. The van der Waals surface area contributed by atoms with Crippen LogP contribution in [0.4, 0.5) is 11.4 Å². The number of nitro groups is 1. The summed E-state index contributed by atoms with van der Waals surface area (Å²) < 4.78 is 27.0. The molecule has 2 N–H and O–H groups in total. The van der Waals surface area contributed by atoms with Gasteiger partial charge in [0, 0.05) is 23.8 Å². The number of rotatable bonds is 5. The van der Waals surface area contributed by atoms with Crippen molar-refractivity contribution in [1.82, 2.24) is 0 Å². The second-order valence-corrected chi connectivity index (χ2v) is 6.56. The minimum absolute atomic E-state index is 0.121. The van der Waals surface area contributed by atoms with Crippen LogP contribution in [-0.2, 0) is 14.8 Å². The Bertz CT molecular complexity index is 1030. The van der Waals surface area contributed by atoms with E-state index in [9.17, 15) is 23.3 Å². The number of hydrogen-bond acceptors (Lipinski definition) is 5. The van der Waals surface area contributed by atoms with Gasteiger partial charge in [0.1, 0.15) is 0 Å². The fourth-order valence-electron chi connectivity index (χ4n) is 1.86. The minimum Gasteiger partial charge on any atom is -0.478 e. The number of carbonyl (C=O) groups is 1. The molecule has 0 aliphatic carbocycles. The predicted molar refractivity (Wildman–Crippen MR) is 94.0 cm³/mol. The lowest BCUT2D eigenvalue weighted by atomic mass is 10.2. The van der Waals surface area contributed by atoms with E-state index in [4.69, 9.17) is 5.11 Å². The van der Waals surface area contributed by atoms with Crippen molar-refractivity contribution < 1.29 is 23.2 Å². The van der Waals surface area contributed by atoms with Gasteiger partial charge >= 0.3 is 5.97 Å². The van der Waals surface area contributed by atoms with Gasteiger partial charge in [-0.15, -0.1) is 0 Å². The van der Waals surface area contributed by atoms with Crippen molar-refractivity contribution in [2.24, 2.45) is 0 Å². The van der Waals surface area contributed by atoms with E-state index in [0.717, 1.165) is 36.4 Å². The van der Waals surface area contributed by atoms with E-state index in [-0.39, 0.29) is 16.3 Å². The Labute approximate surface area is 149 Å². The van der Waals surface area contributed by atoms with Crippen LogP contribution in [0, 0.1) is 22.0 Å². The molecule has 0 fully saturated rings. The van der Waals surface area contributed by atoms with Crippen LogP contribution in [0.1, 0.15) is 5.56 Å². The minimum atomic E-state index is -3.92. The predicted octanol–water partition coefficient (Wildman–Crippen LogP) is 2.39. The zero-order chi connectivity index (χ0) is 19.2. The molecular weight excluding hydrogens is 360 g/mol. The average molecular weight is 372 g/mol. The van der Waals surface area contributed by atoms with Crippen molar-refractivity contribution in [1.29, 1.82) is 0 Å². The van der Waals surface area contributed by atoms with Crippen LogP contribution in [0.5, 0.6) is 0 Å². The largest absolute Gasteiger partial charge is 0.478 e. The van der Waals surface area contributed by atoms with Gasteiger partial charge in [-0.1, -0.05) is 17.9 Å². The zero-order valence-electron chi connectivity index (χ0n) is 13.1. The highest BCUT2D eigenvalue weighted by Crippen LogP contribution is 2.19. The summed E-state index contributed by atoms with van der Waals surface area (Å²) in [5.74, 6) is 4.07. The number of aliphatic carboxylic acids is 1. The highest BCUT2D eigenvalue weighted by Gasteiger charge is 2.16. The molecule has 2 aromatic carbocycles. The van der Waals surface area contributed by atoms with Crippen molar-refractivity contribution in [3.63, 3.8) is 0 Å². The number of non-ortho nitro benzene ring substituents is 1. The molecular formula is C17H12N2O6S. The van der Waals surface area contributed by atoms with Gasteiger partial charge in [0.25, 0.3) is 15.7 Å². The summed E-state index contributed by atoms with van der Waals surface area (Å²) in [5.41, 5.74) is 0.511. The molecule has 132 valence electrons. The van der Waals surface area contributed by atoms with Gasteiger partial charge in [-0.3, -0.25) is 14.8 Å². The Balaban J connectivity index is 2.20. The number of nitrogens with one attached hydrogen (secondary N) is 1. The molecule has 9 heteroatoms. The van der Waals surface area contributed by atoms with Gasteiger partial charge in [-0.25, -0.2) is 13.2 Å². The van der Waals surface area contributed by atoms with Crippen LogP contribution in [0.3, 0.4) is 0 Å². The first-order chi connectivity index (χ1) is 12.3. The first-order valence-corrected chi connectivity index (χ1v) is 8.54. The third-order valence-electron chi connectivity index (χ3n) is 3.00. The summed E-state index contributed by atoms with van der Waals surface area (Å²) in [6.07, 6.45) is 2.05. The van der Waals surface area contributed by atoms with Crippen molar-refractivity contribution in [2.45, 2.75) is 4.90 Å². The molecule has 0 saturated heterocycles. The van der Waals surface area contributed by atoms with Crippen LogP contribution in [-0.4, -0.2) is 24.4 Å². The normalized spacial score (nSPS) is 10.8. The van der Waals surface area contributed by atoms with Gasteiger partial charge in [-0.05, 0) is 36.4 Å². The quantitative estimate of drug-likeness (QED) is 0.359. The fraction of sp³-hybridized carbons (Fsp3) is 0. The number of nitro benzene ring substituents is 1. The molecule has 2 aromatic rings. The molecule has 0 atom stereocenters. The summed E-state index contributed by atoms with van der Waals surface area (Å²) in [6.45, 7) is 0. The number of allylic oxidation sites excluding steroid dienone is 1.